The highest BCUT2D eigenvalue weighted by Gasteiger charge is 2.27. The molecule has 3 heterocycles. The summed E-state index contributed by atoms with van der Waals surface area (Å²) >= 11 is 0. The van der Waals surface area contributed by atoms with E-state index >= 15 is 0 Å². The fraction of sp³-hybridized carbons (Fsp3) is 0.542. The van der Waals surface area contributed by atoms with E-state index in [4.69, 9.17) is 24.2 Å². The summed E-state index contributed by atoms with van der Waals surface area (Å²) in [7, 11) is 0. The van der Waals surface area contributed by atoms with Crippen LogP contribution in [0.15, 0.2) is 24.3 Å². The van der Waals surface area contributed by atoms with Crippen molar-refractivity contribution >= 4 is 5.91 Å². The Bertz CT molecular complexity index is 928. The van der Waals surface area contributed by atoms with Crippen molar-refractivity contribution in [2.45, 2.75) is 51.6 Å². The van der Waals surface area contributed by atoms with Gasteiger partial charge >= 0.3 is 0 Å². The zero-order chi connectivity index (χ0) is 22.5. The van der Waals surface area contributed by atoms with E-state index in [0.29, 0.717) is 37.9 Å². The van der Waals surface area contributed by atoms with E-state index in [0.717, 1.165) is 42.8 Å². The number of carbonyl (C=O) groups is 1. The third kappa shape index (κ3) is 5.54. The second-order valence-electron chi connectivity index (χ2n) is 8.52. The van der Waals surface area contributed by atoms with Gasteiger partial charge in [-0.2, -0.15) is 4.98 Å². The highest BCUT2D eigenvalue weighted by atomic mass is 19.1. The first kappa shape index (κ1) is 22.5. The standard InChI is InChI=1S/C24H30FN3O4/c1-16(2)23-26-21-10-14-30-13-9-20(21)24(27-23)32-19-7-11-28(12-8-19)22(29)15-31-18-5-3-17(25)4-6-18/h3-6,16,19H,7-15H2,1-2H3. The average molecular weight is 444 g/mol. The Labute approximate surface area is 187 Å². The van der Waals surface area contributed by atoms with E-state index in [1.165, 1.54) is 24.3 Å². The van der Waals surface area contributed by atoms with Crippen molar-refractivity contribution in [1.82, 2.24) is 14.9 Å². The summed E-state index contributed by atoms with van der Waals surface area (Å²) in [6.07, 6.45) is 2.99. The summed E-state index contributed by atoms with van der Waals surface area (Å²) < 4.78 is 30.5. The SMILES string of the molecule is CC(C)c1nc2c(c(OC3CCN(C(=O)COc4ccc(F)cc4)CC3)n1)CCOCC2. The minimum atomic E-state index is -0.334. The van der Waals surface area contributed by atoms with Gasteiger partial charge in [0.25, 0.3) is 5.91 Å². The molecular weight excluding hydrogens is 413 g/mol. The van der Waals surface area contributed by atoms with Gasteiger partial charge in [0.05, 0.1) is 18.9 Å². The number of aromatic nitrogens is 2. The predicted octanol–water partition coefficient (Wildman–Crippen LogP) is 3.30. The van der Waals surface area contributed by atoms with Crippen LogP contribution in [0.2, 0.25) is 0 Å². The molecule has 7 nitrogen and oxygen atoms in total. The van der Waals surface area contributed by atoms with Crippen molar-refractivity contribution in [3.05, 3.63) is 47.2 Å². The Balaban J connectivity index is 1.34. The number of carbonyl (C=O) groups excluding carboxylic acids is 1. The Morgan fingerprint density at radius 3 is 2.59 bits per heavy atom. The van der Waals surface area contributed by atoms with Gasteiger partial charge in [-0.3, -0.25) is 4.79 Å². The molecule has 0 saturated carbocycles. The molecule has 1 fully saturated rings. The largest absolute Gasteiger partial charge is 0.484 e. The average Bonchev–Trinajstić information content (AvgIpc) is 3.05. The van der Waals surface area contributed by atoms with Gasteiger partial charge in [0.2, 0.25) is 5.88 Å². The van der Waals surface area contributed by atoms with Crippen LogP contribution >= 0.6 is 0 Å². The second kappa shape index (κ2) is 10.3. The lowest BCUT2D eigenvalue weighted by Gasteiger charge is -2.32. The molecule has 4 rings (SSSR count). The molecule has 1 amide bonds. The minimum absolute atomic E-state index is 0.000232. The summed E-state index contributed by atoms with van der Waals surface area (Å²) in [5.74, 6) is 1.75. The van der Waals surface area contributed by atoms with Gasteiger partial charge < -0.3 is 19.1 Å². The fourth-order valence-electron chi connectivity index (χ4n) is 3.93. The topological polar surface area (TPSA) is 73.8 Å². The lowest BCUT2D eigenvalue weighted by Crippen LogP contribution is -2.43. The number of rotatable bonds is 6. The van der Waals surface area contributed by atoms with Crippen LogP contribution in [0.5, 0.6) is 11.6 Å². The molecule has 1 aromatic carbocycles. The minimum Gasteiger partial charge on any atom is -0.484 e. The predicted molar refractivity (Wildman–Crippen MR) is 116 cm³/mol. The zero-order valence-corrected chi connectivity index (χ0v) is 18.7. The van der Waals surface area contributed by atoms with Crippen LogP contribution in [0.3, 0.4) is 0 Å². The maximum atomic E-state index is 13.0. The number of piperidine rings is 1. The van der Waals surface area contributed by atoms with Crippen molar-refractivity contribution in [1.29, 1.82) is 0 Å². The first-order valence-electron chi connectivity index (χ1n) is 11.3. The molecule has 0 aliphatic carbocycles. The lowest BCUT2D eigenvalue weighted by atomic mass is 10.1. The van der Waals surface area contributed by atoms with Crippen LogP contribution in [0.25, 0.3) is 0 Å². The number of nitrogens with zero attached hydrogens (tertiary/aromatic N) is 3. The number of fused-ring (bicyclic) bond motifs is 1. The van der Waals surface area contributed by atoms with E-state index in [2.05, 4.69) is 13.8 Å². The van der Waals surface area contributed by atoms with Gasteiger partial charge in [0.15, 0.2) is 6.61 Å². The smallest absolute Gasteiger partial charge is 0.260 e. The molecule has 0 atom stereocenters. The number of hydrogen-bond acceptors (Lipinski definition) is 6. The second-order valence-corrected chi connectivity index (χ2v) is 8.52. The van der Waals surface area contributed by atoms with Gasteiger partial charge in [-0.25, -0.2) is 9.37 Å². The molecule has 0 spiro atoms. The molecule has 0 unspecified atom stereocenters. The molecule has 32 heavy (non-hydrogen) atoms. The number of likely N-dealkylation sites (tertiary alicyclic amines) is 1. The molecule has 1 saturated heterocycles. The number of ether oxygens (including phenoxy) is 3. The van der Waals surface area contributed by atoms with Gasteiger partial charge in [0, 0.05) is 50.3 Å². The van der Waals surface area contributed by atoms with Crippen LogP contribution in [-0.4, -0.2) is 59.8 Å². The summed E-state index contributed by atoms with van der Waals surface area (Å²) in [5.41, 5.74) is 2.08. The van der Waals surface area contributed by atoms with Crippen LogP contribution in [0, 0.1) is 5.82 Å². The maximum Gasteiger partial charge on any atom is 0.260 e. The molecule has 1 aromatic heterocycles. The Morgan fingerprint density at radius 2 is 1.88 bits per heavy atom. The number of amides is 1. The first-order valence-corrected chi connectivity index (χ1v) is 11.3. The molecule has 0 bridgehead atoms. The van der Waals surface area contributed by atoms with Gasteiger partial charge in [-0.15, -0.1) is 0 Å². The number of benzene rings is 1. The molecule has 172 valence electrons. The van der Waals surface area contributed by atoms with E-state index in [1.807, 2.05) is 0 Å². The highest BCUT2D eigenvalue weighted by Crippen LogP contribution is 2.28. The molecule has 2 aliphatic rings. The van der Waals surface area contributed by atoms with Crippen molar-refractivity contribution < 1.29 is 23.4 Å². The van der Waals surface area contributed by atoms with Crippen molar-refractivity contribution in [2.75, 3.05) is 32.9 Å². The monoisotopic (exact) mass is 443 g/mol. The lowest BCUT2D eigenvalue weighted by molar-refractivity contribution is -0.135. The van der Waals surface area contributed by atoms with E-state index in [9.17, 15) is 9.18 Å². The first-order chi connectivity index (χ1) is 15.5. The molecule has 8 heteroatoms. The molecular formula is C24H30FN3O4. The summed E-state index contributed by atoms with van der Waals surface area (Å²) in [6, 6.07) is 5.66. The van der Waals surface area contributed by atoms with E-state index in [1.54, 1.807) is 4.90 Å². The van der Waals surface area contributed by atoms with Crippen LogP contribution in [-0.2, 0) is 22.4 Å². The molecule has 2 aliphatic heterocycles. The van der Waals surface area contributed by atoms with E-state index in [-0.39, 0.29) is 30.4 Å². The number of halogens is 1. The summed E-state index contributed by atoms with van der Waals surface area (Å²) in [6.45, 7) is 6.62. The van der Waals surface area contributed by atoms with Gasteiger partial charge in [-0.05, 0) is 24.3 Å². The third-order valence-electron chi connectivity index (χ3n) is 5.82. The van der Waals surface area contributed by atoms with Crippen LogP contribution in [0.1, 0.15) is 49.7 Å². The Morgan fingerprint density at radius 1 is 1.16 bits per heavy atom. The third-order valence-corrected chi connectivity index (χ3v) is 5.82. The molecule has 0 N–H and O–H groups in total. The van der Waals surface area contributed by atoms with Crippen LogP contribution in [0.4, 0.5) is 4.39 Å². The molecule has 2 aromatic rings. The quantitative estimate of drug-likeness (QED) is 0.682. The van der Waals surface area contributed by atoms with Crippen molar-refractivity contribution in [3.63, 3.8) is 0 Å². The Kier molecular flexibility index (Phi) is 7.19. The van der Waals surface area contributed by atoms with Crippen molar-refractivity contribution in [3.8, 4) is 11.6 Å². The Hall–Kier alpha value is -2.74. The number of hydrogen-bond donors (Lipinski definition) is 0. The zero-order valence-electron chi connectivity index (χ0n) is 18.7. The summed E-state index contributed by atoms with van der Waals surface area (Å²) in [5, 5.41) is 0. The normalized spacial score (nSPS) is 17.1. The van der Waals surface area contributed by atoms with E-state index < -0.39 is 0 Å². The molecule has 0 radical (unpaired) electrons. The summed E-state index contributed by atoms with van der Waals surface area (Å²) in [4.78, 5) is 23.8. The van der Waals surface area contributed by atoms with Gasteiger partial charge in [0.1, 0.15) is 23.5 Å². The highest BCUT2D eigenvalue weighted by molar-refractivity contribution is 5.77. The van der Waals surface area contributed by atoms with Gasteiger partial charge in [-0.1, -0.05) is 13.8 Å². The fourth-order valence-corrected chi connectivity index (χ4v) is 3.93. The van der Waals surface area contributed by atoms with Crippen molar-refractivity contribution in [2.24, 2.45) is 0 Å². The van der Waals surface area contributed by atoms with Crippen LogP contribution < -0.4 is 9.47 Å². The maximum absolute atomic E-state index is 13.0.